The van der Waals surface area contributed by atoms with Crippen LogP contribution in [0.5, 0.6) is 0 Å². The molecule has 0 spiro atoms. The molecule has 1 saturated heterocycles. The van der Waals surface area contributed by atoms with Gasteiger partial charge in [0.25, 0.3) is 0 Å². The molecule has 0 aromatic heterocycles. The van der Waals surface area contributed by atoms with Crippen molar-refractivity contribution in [2.75, 3.05) is 18.0 Å². The number of para-hydroxylation sites is 1. The van der Waals surface area contributed by atoms with Crippen LogP contribution in [0.1, 0.15) is 18.9 Å². The minimum absolute atomic E-state index is 0.00433. The Morgan fingerprint density at radius 2 is 1.63 bits per heavy atom. The van der Waals surface area contributed by atoms with Crippen LogP contribution in [0.3, 0.4) is 0 Å². The van der Waals surface area contributed by atoms with Crippen molar-refractivity contribution >= 4 is 41.2 Å². The van der Waals surface area contributed by atoms with Crippen LogP contribution in [0.4, 0.5) is 10.5 Å². The molecule has 0 radical (unpaired) electrons. The largest absolute Gasteiger partial charge is 0.335 e. The molecule has 4 rings (SSSR count). The SMILES string of the molecule is C[C@H]1CCN(C(=O)CN2C(=O)C(=O)N(Cc3ccccc3)C2=O)c2ccccc2S1. The smallest absolute Gasteiger partial charge is 0.310 e. The number of hydrogen-bond donors (Lipinski definition) is 0. The molecule has 0 saturated carbocycles. The number of hydrogen-bond acceptors (Lipinski definition) is 5. The van der Waals surface area contributed by atoms with Crippen molar-refractivity contribution in [2.45, 2.75) is 30.0 Å². The second kappa shape index (κ2) is 8.31. The minimum Gasteiger partial charge on any atom is -0.310 e. The Morgan fingerprint density at radius 1 is 0.967 bits per heavy atom. The second-order valence-electron chi connectivity index (χ2n) is 7.28. The molecule has 5 amide bonds. The van der Waals surface area contributed by atoms with Crippen molar-refractivity contribution in [3.8, 4) is 0 Å². The van der Waals surface area contributed by atoms with Crippen LogP contribution in [-0.4, -0.2) is 51.9 Å². The summed E-state index contributed by atoms with van der Waals surface area (Å²) in [6.07, 6.45) is 0.784. The van der Waals surface area contributed by atoms with E-state index in [1.807, 2.05) is 30.3 Å². The van der Waals surface area contributed by atoms with E-state index in [0.717, 1.165) is 32.4 Å². The third-order valence-electron chi connectivity index (χ3n) is 5.16. The Morgan fingerprint density at radius 3 is 2.40 bits per heavy atom. The highest BCUT2D eigenvalue weighted by molar-refractivity contribution is 8.00. The van der Waals surface area contributed by atoms with Crippen molar-refractivity contribution in [3.63, 3.8) is 0 Å². The number of urea groups is 1. The van der Waals surface area contributed by atoms with Gasteiger partial charge in [0.1, 0.15) is 6.54 Å². The number of fused-ring (bicyclic) bond motifs is 1. The molecule has 8 heteroatoms. The van der Waals surface area contributed by atoms with E-state index in [1.165, 1.54) is 0 Å². The molecule has 0 bridgehead atoms. The monoisotopic (exact) mass is 423 g/mol. The lowest BCUT2D eigenvalue weighted by atomic mass is 10.2. The summed E-state index contributed by atoms with van der Waals surface area (Å²) < 4.78 is 0. The molecule has 1 atom stereocenters. The lowest BCUT2D eigenvalue weighted by molar-refractivity contribution is -0.144. The lowest BCUT2D eigenvalue weighted by Crippen LogP contribution is -2.44. The number of anilines is 1. The van der Waals surface area contributed by atoms with Crippen LogP contribution in [0.15, 0.2) is 59.5 Å². The summed E-state index contributed by atoms with van der Waals surface area (Å²) in [5.74, 6) is -2.25. The average molecular weight is 423 g/mol. The first-order chi connectivity index (χ1) is 14.5. The topological polar surface area (TPSA) is 78.0 Å². The van der Waals surface area contributed by atoms with Gasteiger partial charge in [-0.1, -0.05) is 49.4 Å². The summed E-state index contributed by atoms with van der Waals surface area (Å²) in [5, 5.41) is 0.335. The summed E-state index contributed by atoms with van der Waals surface area (Å²) in [4.78, 5) is 54.9. The Kier molecular flexibility index (Phi) is 5.59. The molecule has 2 aliphatic rings. The fourth-order valence-electron chi connectivity index (χ4n) is 3.56. The standard InChI is InChI=1S/C22H21N3O4S/c1-15-11-12-23(17-9-5-6-10-18(17)30-15)19(26)14-25-21(28)20(27)24(22(25)29)13-16-7-3-2-4-8-16/h2-10,15H,11-14H2,1H3/t15-/m0/s1. The van der Waals surface area contributed by atoms with Crippen molar-refractivity contribution in [1.29, 1.82) is 0 Å². The molecule has 0 unspecified atom stereocenters. The fraction of sp³-hybridized carbons (Fsp3) is 0.273. The highest BCUT2D eigenvalue weighted by Crippen LogP contribution is 2.37. The van der Waals surface area contributed by atoms with Gasteiger partial charge in [0, 0.05) is 16.7 Å². The molecule has 2 heterocycles. The van der Waals surface area contributed by atoms with Gasteiger partial charge in [-0.3, -0.25) is 19.3 Å². The average Bonchev–Trinajstić information content (AvgIpc) is 2.88. The number of carbonyl (C=O) groups excluding carboxylic acids is 4. The molecule has 2 aromatic rings. The summed E-state index contributed by atoms with van der Waals surface area (Å²) in [6.45, 7) is 2.13. The first-order valence-corrected chi connectivity index (χ1v) is 10.6. The van der Waals surface area contributed by atoms with E-state index in [4.69, 9.17) is 0 Å². The molecule has 30 heavy (non-hydrogen) atoms. The van der Waals surface area contributed by atoms with E-state index in [-0.39, 0.29) is 12.5 Å². The Labute approximate surface area is 178 Å². The second-order valence-corrected chi connectivity index (χ2v) is 8.76. The number of benzene rings is 2. The maximum Gasteiger partial charge on any atom is 0.335 e. The highest BCUT2D eigenvalue weighted by Gasteiger charge is 2.45. The zero-order valence-corrected chi connectivity index (χ0v) is 17.3. The molecule has 2 aromatic carbocycles. The molecule has 0 aliphatic carbocycles. The van der Waals surface area contributed by atoms with E-state index in [2.05, 4.69) is 6.92 Å². The van der Waals surface area contributed by atoms with Gasteiger partial charge in [0.05, 0.1) is 12.2 Å². The number of amides is 5. The normalized spacial score (nSPS) is 19.2. The van der Waals surface area contributed by atoms with Gasteiger partial charge < -0.3 is 4.90 Å². The first kappa shape index (κ1) is 20.2. The van der Waals surface area contributed by atoms with Crippen LogP contribution < -0.4 is 4.90 Å². The zero-order chi connectivity index (χ0) is 21.3. The number of imide groups is 2. The van der Waals surface area contributed by atoms with Gasteiger partial charge in [-0.05, 0) is 24.1 Å². The minimum atomic E-state index is -0.963. The Hall–Kier alpha value is -3.13. The van der Waals surface area contributed by atoms with Crippen LogP contribution >= 0.6 is 11.8 Å². The van der Waals surface area contributed by atoms with E-state index in [0.29, 0.717) is 11.8 Å². The van der Waals surface area contributed by atoms with E-state index in [1.54, 1.807) is 40.9 Å². The van der Waals surface area contributed by atoms with Gasteiger partial charge in [0.2, 0.25) is 5.91 Å². The Balaban J connectivity index is 1.52. The third kappa shape index (κ3) is 3.82. The van der Waals surface area contributed by atoms with Gasteiger partial charge in [-0.25, -0.2) is 9.69 Å². The number of nitrogens with zero attached hydrogens (tertiary/aromatic N) is 3. The van der Waals surface area contributed by atoms with Crippen molar-refractivity contribution < 1.29 is 19.2 Å². The predicted octanol–water partition coefficient (Wildman–Crippen LogP) is 2.89. The summed E-state index contributed by atoms with van der Waals surface area (Å²) >= 11 is 1.70. The Bertz CT molecular complexity index is 1010. The molecular formula is C22H21N3O4S. The van der Waals surface area contributed by atoms with Crippen molar-refractivity contribution in [2.24, 2.45) is 0 Å². The first-order valence-electron chi connectivity index (χ1n) is 9.73. The maximum absolute atomic E-state index is 13.1. The summed E-state index contributed by atoms with van der Waals surface area (Å²) in [6, 6.07) is 15.8. The van der Waals surface area contributed by atoms with Gasteiger partial charge in [-0.15, -0.1) is 11.8 Å². The number of rotatable bonds is 4. The molecule has 2 aliphatic heterocycles. The van der Waals surface area contributed by atoms with Crippen molar-refractivity contribution in [3.05, 3.63) is 60.2 Å². The van der Waals surface area contributed by atoms with E-state index < -0.39 is 24.4 Å². The van der Waals surface area contributed by atoms with Crippen molar-refractivity contribution in [1.82, 2.24) is 9.80 Å². The molecule has 7 nitrogen and oxygen atoms in total. The highest BCUT2D eigenvalue weighted by atomic mass is 32.2. The molecule has 154 valence electrons. The quantitative estimate of drug-likeness (QED) is 0.558. The van der Waals surface area contributed by atoms with Crippen LogP contribution in [0.2, 0.25) is 0 Å². The zero-order valence-electron chi connectivity index (χ0n) is 16.5. The summed E-state index contributed by atoms with van der Waals surface area (Å²) in [7, 11) is 0. The molecule has 1 fully saturated rings. The van der Waals surface area contributed by atoms with Crippen LogP contribution in [-0.2, 0) is 20.9 Å². The van der Waals surface area contributed by atoms with Crippen LogP contribution in [0, 0.1) is 0 Å². The fourth-order valence-corrected chi connectivity index (χ4v) is 4.67. The lowest BCUT2D eigenvalue weighted by Gasteiger charge is -2.24. The summed E-state index contributed by atoms with van der Waals surface area (Å²) in [5.41, 5.74) is 1.50. The van der Waals surface area contributed by atoms with E-state index in [9.17, 15) is 19.2 Å². The number of thioether (sulfide) groups is 1. The molecule has 0 N–H and O–H groups in total. The molecular weight excluding hydrogens is 402 g/mol. The van der Waals surface area contributed by atoms with Gasteiger partial charge in [-0.2, -0.15) is 0 Å². The number of carbonyl (C=O) groups is 4. The van der Waals surface area contributed by atoms with Gasteiger partial charge in [0.15, 0.2) is 0 Å². The third-order valence-corrected chi connectivity index (χ3v) is 6.39. The van der Waals surface area contributed by atoms with Gasteiger partial charge >= 0.3 is 17.8 Å². The van der Waals surface area contributed by atoms with E-state index >= 15 is 0 Å². The maximum atomic E-state index is 13.1. The predicted molar refractivity (Wildman–Crippen MR) is 113 cm³/mol. The van der Waals surface area contributed by atoms with Crippen LogP contribution in [0.25, 0.3) is 0 Å².